The second kappa shape index (κ2) is 6.82. The number of methoxy groups -OCH3 is 2. The number of nitrogens with zero attached hydrogens (tertiary/aromatic N) is 2. The summed E-state index contributed by atoms with van der Waals surface area (Å²) in [5.41, 5.74) is 1.64. The average molecular weight is 295 g/mol. The Morgan fingerprint density at radius 1 is 1.52 bits per heavy atom. The molecule has 1 aliphatic carbocycles. The van der Waals surface area contributed by atoms with Crippen molar-refractivity contribution in [3.8, 4) is 0 Å². The first-order chi connectivity index (χ1) is 10.0. The van der Waals surface area contributed by atoms with Crippen LogP contribution in [0.1, 0.15) is 17.7 Å². The van der Waals surface area contributed by atoms with Crippen LogP contribution in [0, 0.1) is 5.92 Å². The first kappa shape index (κ1) is 15.7. The number of carbonyl (C=O) groups is 1. The Morgan fingerprint density at radius 2 is 2.24 bits per heavy atom. The maximum absolute atomic E-state index is 12.2. The molecule has 2 rings (SSSR count). The Labute approximate surface area is 123 Å². The van der Waals surface area contributed by atoms with Gasteiger partial charge in [0.1, 0.15) is 0 Å². The van der Waals surface area contributed by atoms with E-state index in [2.05, 4.69) is 10.4 Å². The molecule has 0 radical (unpaired) electrons. The van der Waals surface area contributed by atoms with Gasteiger partial charge in [-0.1, -0.05) is 0 Å². The van der Waals surface area contributed by atoms with Gasteiger partial charge in [-0.25, -0.2) is 4.68 Å². The Kier molecular flexibility index (Phi) is 5.08. The second-order valence-corrected chi connectivity index (χ2v) is 5.16. The van der Waals surface area contributed by atoms with E-state index in [0.29, 0.717) is 19.4 Å². The summed E-state index contributed by atoms with van der Waals surface area (Å²) in [6.07, 6.45) is 1.54. The van der Waals surface area contributed by atoms with Gasteiger partial charge >= 0.3 is 0 Å². The van der Waals surface area contributed by atoms with Crippen molar-refractivity contribution in [3.05, 3.63) is 27.7 Å². The predicted octanol–water partition coefficient (Wildman–Crippen LogP) is -0.380. The van der Waals surface area contributed by atoms with Crippen molar-refractivity contribution in [1.29, 1.82) is 0 Å². The molecule has 0 unspecified atom stereocenters. The quantitative estimate of drug-likeness (QED) is 0.749. The number of amides is 1. The van der Waals surface area contributed by atoms with Crippen LogP contribution in [0.15, 0.2) is 10.9 Å². The molecule has 1 atom stereocenters. The van der Waals surface area contributed by atoms with Crippen LogP contribution in [0.5, 0.6) is 0 Å². The third-order valence-corrected chi connectivity index (χ3v) is 3.79. The van der Waals surface area contributed by atoms with Gasteiger partial charge in [-0.3, -0.25) is 9.59 Å². The number of carbonyl (C=O) groups excluding carboxylic acids is 1. The Morgan fingerprint density at radius 3 is 2.90 bits per heavy atom. The molecule has 0 aliphatic heterocycles. The zero-order valence-electron chi connectivity index (χ0n) is 12.6. The standard InChI is InChI=1S/C14H21N3O4/c1-17-12(18)7-10-6-9(4-5-11(10)16-17)14(19)15-8-13(20-2)21-3/h7,9,13H,4-6,8H2,1-3H3,(H,15,19)/t9-/m0/s1. The van der Waals surface area contributed by atoms with Gasteiger partial charge in [0.2, 0.25) is 5.91 Å². The maximum atomic E-state index is 12.2. The Hall–Kier alpha value is -1.73. The molecule has 1 aliphatic rings. The Balaban J connectivity index is 1.99. The zero-order valence-corrected chi connectivity index (χ0v) is 12.6. The smallest absolute Gasteiger partial charge is 0.266 e. The summed E-state index contributed by atoms with van der Waals surface area (Å²) in [7, 11) is 4.69. The molecule has 7 heteroatoms. The minimum atomic E-state index is -0.446. The second-order valence-electron chi connectivity index (χ2n) is 5.16. The Bertz CT molecular complexity index is 566. The largest absolute Gasteiger partial charge is 0.354 e. The van der Waals surface area contributed by atoms with E-state index >= 15 is 0 Å². The van der Waals surface area contributed by atoms with Gasteiger partial charge in [-0.2, -0.15) is 5.10 Å². The lowest BCUT2D eigenvalue weighted by Crippen LogP contribution is -2.40. The first-order valence-electron chi connectivity index (χ1n) is 6.94. The van der Waals surface area contributed by atoms with Crippen LogP contribution in [0.4, 0.5) is 0 Å². The molecule has 0 saturated carbocycles. The van der Waals surface area contributed by atoms with Gasteiger partial charge in [-0.15, -0.1) is 0 Å². The number of fused-ring (bicyclic) bond motifs is 1. The van der Waals surface area contributed by atoms with Crippen molar-refractivity contribution in [2.45, 2.75) is 25.6 Å². The van der Waals surface area contributed by atoms with E-state index in [1.54, 1.807) is 13.1 Å². The van der Waals surface area contributed by atoms with Crippen molar-refractivity contribution < 1.29 is 14.3 Å². The van der Waals surface area contributed by atoms with Crippen molar-refractivity contribution in [1.82, 2.24) is 15.1 Å². The summed E-state index contributed by atoms with van der Waals surface area (Å²) in [6, 6.07) is 1.58. The molecule has 7 nitrogen and oxygen atoms in total. The molecule has 116 valence electrons. The van der Waals surface area contributed by atoms with E-state index < -0.39 is 6.29 Å². The lowest BCUT2D eigenvalue weighted by molar-refractivity contribution is -0.131. The summed E-state index contributed by atoms with van der Waals surface area (Å²) in [6.45, 7) is 0.310. The molecule has 1 N–H and O–H groups in total. The van der Waals surface area contributed by atoms with Crippen LogP contribution >= 0.6 is 0 Å². The summed E-state index contributed by atoms with van der Waals surface area (Å²) < 4.78 is 11.4. The predicted molar refractivity (Wildman–Crippen MR) is 75.8 cm³/mol. The lowest BCUT2D eigenvalue weighted by Gasteiger charge is -2.24. The summed E-state index contributed by atoms with van der Waals surface area (Å²) >= 11 is 0. The fraction of sp³-hybridized carbons (Fsp3) is 0.643. The topological polar surface area (TPSA) is 82.5 Å². The number of ether oxygens (including phenoxy) is 2. The summed E-state index contributed by atoms with van der Waals surface area (Å²) in [5.74, 6) is -0.179. The molecule has 0 bridgehead atoms. The molecule has 1 aromatic heterocycles. The fourth-order valence-electron chi connectivity index (χ4n) is 2.50. The normalized spacial score (nSPS) is 17.6. The van der Waals surface area contributed by atoms with Gasteiger partial charge in [-0.05, 0) is 24.8 Å². The van der Waals surface area contributed by atoms with Crippen molar-refractivity contribution in [2.75, 3.05) is 20.8 Å². The van der Waals surface area contributed by atoms with E-state index in [4.69, 9.17) is 9.47 Å². The molecule has 1 aromatic rings. The van der Waals surface area contributed by atoms with Crippen LogP contribution in [-0.2, 0) is 34.2 Å². The van der Waals surface area contributed by atoms with E-state index in [1.807, 2.05) is 0 Å². The van der Waals surface area contributed by atoms with Gasteiger partial charge in [0.15, 0.2) is 6.29 Å². The molecule has 21 heavy (non-hydrogen) atoms. The maximum Gasteiger partial charge on any atom is 0.266 e. The third-order valence-electron chi connectivity index (χ3n) is 3.79. The highest BCUT2D eigenvalue weighted by molar-refractivity contribution is 5.79. The minimum Gasteiger partial charge on any atom is -0.354 e. The summed E-state index contributed by atoms with van der Waals surface area (Å²) in [4.78, 5) is 23.8. The van der Waals surface area contributed by atoms with Crippen LogP contribution in [0.25, 0.3) is 0 Å². The van der Waals surface area contributed by atoms with E-state index in [1.165, 1.54) is 18.9 Å². The van der Waals surface area contributed by atoms with Crippen molar-refractivity contribution >= 4 is 5.91 Å². The van der Waals surface area contributed by atoms with Gasteiger partial charge in [0, 0.05) is 33.3 Å². The van der Waals surface area contributed by atoms with E-state index in [9.17, 15) is 9.59 Å². The molecule has 0 fully saturated rings. The van der Waals surface area contributed by atoms with Crippen LogP contribution in [0.2, 0.25) is 0 Å². The van der Waals surface area contributed by atoms with Gasteiger partial charge in [0.05, 0.1) is 12.2 Å². The molecule has 1 heterocycles. The molecule has 1 amide bonds. The number of hydrogen-bond donors (Lipinski definition) is 1. The number of hydrogen-bond acceptors (Lipinski definition) is 5. The fourth-order valence-corrected chi connectivity index (χ4v) is 2.50. The SMILES string of the molecule is COC(CNC(=O)[C@H]1CCc2nn(C)c(=O)cc2C1)OC. The van der Waals surface area contributed by atoms with Crippen LogP contribution in [0.3, 0.4) is 0 Å². The number of aromatic nitrogens is 2. The zero-order chi connectivity index (χ0) is 15.4. The monoisotopic (exact) mass is 295 g/mol. The lowest BCUT2D eigenvalue weighted by atomic mass is 9.86. The van der Waals surface area contributed by atoms with Crippen molar-refractivity contribution in [2.24, 2.45) is 13.0 Å². The number of aryl methyl sites for hydroxylation is 2. The average Bonchev–Trinajstić information content (AvgIpc) is 2.48. The highest BCUT2D eigenvalue weighted by Crippen LogP contribution is 2.23. The van der Waals surface area contributed by atoms with Gasteiger partial charge < -0.3 is 14.8 Å². The van der Waals surface area contributed by atoms with E-state index in [0.717, 1.165) is 17.7 Å². The number of rotatable bonds is 5. The first-order valence-corrected chi connectivity index (χ1v) is 6.94. The minimum absolute atomic E-state index is 0.0413. The molecule has 0 aromatic carbocycles. The summed E-state index contributed by atoms with van der Waals surface area (Å²) in [5, 5.41) is 7.06. The molecular formula is C14H21N3O4. The third kappa shape index (κ3) is 3.68. The van der Waals surface area contributed by atoms with Crippen LogP contribution in [-0.4, -0.2) is 42.7 Å². The number of nitrogens with one attached hydrogen (secondary N) is 1. The molecular weight excluding hydrogens is 274 g/mol. The molecule has 0 saturated heterocycles. The highest BCUT2D eigenvalue weighted by atomic mass is 16.7. The van der Waals surface area contributed by atoms with Crippen LogP contribution < -0.4 is 10.9 Å². The van der Waals surface area contributed by atoms with Crippen molar-refractivity contribution in [3.63, 3.8) is 0 Å². The van der Waals surface area contributed by atoms with Gasteiger partial charge in [0.25, 0.3) is 5.56 Å². The highest BCUT2D eigenvalue weighted by Gasteiger charge is 2.26. The van der Waals surface area contributed by atoms with E-state index in [-0.39, 0.29) is 17.4 Å². The molecule has 0 spiro atoms.